The lowest BCUT2D eigenvalue weighted by Gasteiger charge is -2.37. The van der Waals surface area contributed by atoms with Crippen LogP contribution in [0.3, 0.4) is 0 Å². The molecular weight excluding hydrogens is 450 g/mol. The first-order valence-electron chi connectivity index (χ1n) is 11.3. The number of amides is 2. The third-order valence-electron chi connectivity index (χ3n) is 5.66. The second-order valence-electron chi connectivity index (χ2n) is 8.17. The molecule has 0 aliphatic carbocycles. The van der Waals surface area contributed by atoms with Crippen molar-refractivity contribution in [3.63, 3.8) is 0 Å². The number of nitrogens with zero attached hydrogens (tertiary/aromatic N) is 5. The van der Waals surface area contributed by atoms with E-state index >= 15 is 0 Å². The van der Waals surface area contributed by atoms with Gasteiger partial charge in [-0.3, -0.25) is 9.59 Å². The molecule has 11 nitrogen and oxygen atoms in total. The monoisotopic (exact) mass is 475 g/mol. The summed E-state index contributed by atoms with van der Waals surface area (Å²) in [7, 11) is 0. The van der Waals surface area contributed by atoms with Crippen LogP contribution in [0.2, 0.25) is 0 Å². The topological polar surface area (TPSA) is 122 Å². The molecule has 35 heavy (non-hydrogen) atoms. The third-order valence-corrected chi connectivity index (χ3v) is 5.66. The van der Waals surface area contributed by atoms with E-state index in [1.165, 1.54) is 13.3 Å². The zero-order valence-corrected chi connectivity index (χ0v) is 19.2. The zero-order valence-electron chi connectivity index (χ0n) is 19.2. The Bertz CT molecular complexity index is 1230. The van der Waals surface area contributed by atoms with Gasteiger partial charge in [-0.2, -0.15) is 4.98 Å². The molecule has 1 saturated heterocycles. The lowest BCUT2D eigenvalue weighted by atomic mass is 10.2. The number of hydrogen-bond acceptors (Lipinski definition) is 9. The number of nitrogens with one attached hydrogen (secondary N) is 2. The Morgan fingerprint density at radius 2 is 1.74 bits per heavy atom. The molecule has 0 radical (unpaired) electrons. The number of carbonyl (C=O) groups is 2. The van der Waals surface area contributed by atoms with Gasteiger partial charge in [-0.15, -0.1) is 0 Å². The molecule has 3 aromatic rings. The summed E-state index contributed by atoms with van der Waals surface area (Å²) in [5.74, 6) is 1.93. The van der Waals surface area contributed by atoms with E-state index in [-0.39, 0.29) is 18.4 Å². The van der Waals surface area contributed by atoms with Gasteiger partial charge < -0.3 is 29.9 Å². The van der Waals surface area contributed by atoms with E-state index in [0.717, 1.165) is 5.69 Å². The van der Waals surface area contributed by atoms with Crippen molar-refractivity contribution in [3.8, 4) is 11.5 Å². The van der Waals surface area contributed by atoms with Crippen LogP contribution in [0.4, 0.5) is 23.3 Å². The molecule has 5 rings (SSSR count). The number of piperazine rings is 1. The number of fused-ring (bicyclic) bond motifs is 1. The van der Waals surface area contributed by atoms with Gasteiger partial charge in [0, 0.05) is 44.5 Å². The Kier molecular flexibility index (Phi) is 6.29. The number of carbonyl (C=O) groups excluding carboxylic acids is 2. The van der Waals surface area contributed by atoms with Gasteiger partial charge in [-0.05, 0) is 30.3 Å². The maximum Gasteiger partial charge on any atom is 0.267 e. The van der Waals surface area contributed by atoms with Crippen LogP contribution >= 0.6 is 0 Å². The number of anilines is 4. The van der Waals surface area contributed by atoms with E-state index in [2.05, 4.69) is 25.6 Å². The Balaban J connectivity index is 1.18. The van der Waals surface area contributed by atoms with Crippen LogP contribution in [0, 0.1) is 0 Å². The van der Waals surface area contributed by atoms with E-state index < -0.39 is 6.10 Å². The van der Waals surface area contributed by atoms with Crippen molar-refractivity contribution in [2.75, 3.05) is 48.3 Å². The van der Waals surface area contributed by atoms with Crippen molar-refractivity contribution in [3.05, 3.63) is 54.9 Å². The molecule has 3 heterocycles. The van der Waals surface area contributed by atoms with Gasteiger partial charge >= 0.3 is 0 Å². The van der Waals surface area contributed by atoms with Crippen LogP contribution < -0.4 is 25.0 Å². The van der Waals surface area contributed by atoms with E-state index in [1.807, 2.05) is 35.2 Å². The van der Waals surface area contributed by atoms with E-state index in [1.54, 1.807) is 23.1 Å². The predicted octanol–water partition coefficient (Wildman–Crippen LogP) is 2.06. The molecule has 1 aromatic heterocycles. The van der Waals surface area contributed by atoms with Crippen LogP contribution in [0.15, 0.2) is 54.9 Å². The van der Waals surface area contributed by atoms with Crippen molar-refractivity contribution in [1.29, 1.82) is 0 Å². The SMILES string of the molecule is CC(=O)Nc1cccc(Nc2ncnc(N3CCN(C(=O)C4COc5ccccc5O4)CC3)n2)c1. The van der Waals surface area contributed by atoms with Gasteiger partial charge in [-0.25, -0.2) is 9.97 Å². The molecule has 2 aromatic carbocycles. The summed E-state index contributed by atoms with van der Waals surface area (Å²) in [6, 6.07) is 14.6. The second kappa shape index (κ2) is 9.84. The molecule has 2 aliphatic rings. The zero-order chi connectivity index (χ0) is 24.2. The van der Waals surface area contributed by atoms with Crippen LogP contribution in [0.5, 0.6) is 11.5 Å². The average molecular weight is 476 g/mol. The number of ether oxygens (including phenoxy) is 2. The highest BCUT2D eigenvalue weighted by Gasteiger charge is 2.33. The quantitative estimate of drug-likeness (QED) is 0.571. The summed E-state index contributed by atoms with van der Waals surface area (Å²) < 4.78 is 11.6. The highest BCUT2D eigenvalue weighted by Crippen LogP contribution is 2.31. The van der Waals surface area contributed by atoms with Crippen molar-refractivity contribution in [1.82, 2.24) is 19.9 Å². The molecule has 2 N–H and O–H groups in total. The second-order valence-corrected chi connectivity index (χ2v) is 8.17. The molecule has 0 spiro atoms. The summed E-state index contributed by atoms with van der Waals surface area (Å²) in [6.07, 6.45) is 0.794. The first-order valence-corrected chi connectivity index (χ1v) is 11.3. The van der Waals surface area contributed by atoms with Crippen LogP contribution in [0.1, 0.15) is 6.92 Å². The van der Waals surface area contributed by atoms with Gasteiger partial charge in [0.1, 0.15) is 12.9 Å². The fourth-order valence-corrected chi connectivity index (χ4v) is 3.98. The summed E-state index contributed by atoms with van der Waals surface area (Å²) in [6.45, 7) is 3.86. The minimum absolute atomic E-state index is 0.0868. The van der Waals surface area contributed by atoms with Crippen LogP contribution in [-0.4, -0.2) is 70.6 Å². The van der Waals surface area contributed by atoms with Gasteiger partial charge in [0.2, 0.25) is 23.9 Å². The molecular formula is C24H25N7O4. The van der Waals surface area contributed by atoms with E-state index in [4.69, 9.17) is 9.47 Å². The van der Waals surface area contributed by atoms with Gasteiger partial charge in [0.25, 0.3) is 5.91 Å². The largest absolute Gasteiger partial charge is 0.485 e. The lowest BCUT2D eigenvalue weighted by Crippen LogP contribution is -2.54. The third kappa shape index (κ3) is 5.24. The molecule has 2 aliphatic heterocycles. The Morgan fingerprint density at radius 1 is 0.971 bits per heavy atom. The molecule has 0 saturated carbocycles. The summed E-state index contributed by atoms with van der Waals surface area (Å²) >= 11 is 0. The average Bonchev–Trinajstić information content (AvgIpc) is 2.88. The summed E-state index contributed by atoms with van der Waals surface area (Å²) in [4.78, 5) is 41.1. The molecule has 180 valence electrons. The number of benzene rings is 2. The first kappa shape index (κ1) is 22.4. The molecule has 1 atom stereocenters. The highest BCUT2D eigenvalue weighted by molar-refractivity contribution is 5.89. The number of hydrogen-bond donors (Lipinski definition) is 2. The Labute approximate surface area is 202 Å². The minimum Gasteiger partial charge on any atom is -0.485 e. The van der Waals surface area contributed by atoms with Crippen molar-refractivity contribution in [2.24, 2.45) is 0 Å². The normalized spacial score (nSPS) is 17.0. The predicted molar refractivity (Wildman–Crippen MR) is 129 cm³/mol. The van der Waals surface area contributed by atoms with Gasteiger partial charge in [-0.1, -0.05) is 18.2 Å². The van der Waals surface area contributed by atoms with Crippen molar-refractivity contribution in [2.45, 2.75) is 13.0 Å². The smallest absolute Gasteiger partial charge is 0.267 e. The maximum atomic E-state index is 13.0. The first-order chi connectivity index (χ1) is 17.0. The molecule has 2 amide bonds. The van der Waals surface area contributed by atoms with Gasteiger partial charge in [0.05, 0.1) is 0 Å². The Morgan fingerprint density at radius 3 is 2.54 bits per heavy atom. The molecule has 11 heteroatoms. The molecule has 1 unspecified atom stereocenters. The minimum atomic E-state index is -0.655. The lowest BCUT2D eigenvalue weighted by molar-refractivity contribution is -0.141. The number of para-hydroxylation sites is 2. The maximum absolute atomic E-state index is 13.0. The standard InChI is InChI=1S/C24H25N7O4/c1-16(32)27-17-5-4-6-18(13-17)28-23-25-15-26-24(29-23)31-11-9-30(10-12-31)22(33)21-14-34-19-7-2-3-8-20(19)35-21/h2-8,13,15,21H,9-12,14H2,1H3,(H,27,32)(H,25,26,28,29). The fraction of sp³-hybridized carbons (Fsp3) is 0.292. The van der Waals surface area contributed by atoms with E-state index in [0.29, 0.717) is 55.3 Å². The Hall–Kier alpha value is -4.41. The number of rotatable bonds is 5. The molecule has 1 fully saturated rings. The van der Waals surface area contributed by atoms with Crippen LogP contribution in [-0.2, 0) is 9.59 Å². The van der Waals surface area contributed by atoms with Gasteiger partial charge in [0.15, 0.2) is 11.5 Å². The number of aromatic nitrogens is 3. The summed E-state index contributed by atoms with van der Waals surface area (Å²) in [5, 5.41) is 5.89. The summed E-state index contributed by atoms with van der Waals surface area (Å²) in [5.41, 5.74) is 1.41. The van der Waals surface area contributed by atoms with E-state index in [9.17, 15) is 9.59 Å². The highest BCUT2D eigenvalue weighted by atomic mass is 16.6. The van der Waals surface area contributed by atoms with Crippen molar-refractivity contribution >= 4 is 35.1 Å². The van der Waals surface area contributed by atoms with Crippen molar-refractivity contribution < 1.29 is 19.1 Å². The molecule has 0 bridgehead atoms. The van der Waals surface area contributed by atoms with Crippen LogP contribution in [0.25, 0.3) is 0 Å². The fourth-order valence-electron chi connectivity index (χ4n) is 3.98.